The van der Waals surface area contributed by atoms with Crippen LogP contribution in [0.5, 0.6) is 0 Å². The molecule has 1 heterocycles. The molecule has 0 saturated carbocycles. The van der Waals surface area contributed by atoms with Crippen molar-refractivity contribution in [1.29, 1.82) is 0 Å². The van der Waals surface area contributed by atoms with Crippen LogP contribution in [0.25, 0.3) is 0 Å². The minimum atomic E-state index is -0.529. The van der Waals surface area contributed by atoms with E-state index in [4.69, 9.17) is 5.73 Å². The van der Waals surface area contributed by atoms with Crippen LogP contribution in [0, 0.1) is 0 Å². The number of carbonyl (C=O) groups excluding carboxylic acids is 2. The second kappa shape index (κ2) is 7.87. The molecular formula is C17H19N5O2. The second-order valence-electron chi connectivity index (χ2n) is 5.42. The van der Waals surface area contributed by atoms with Crippen LogP contribution in [0.4, 0.5) is 5.82 Å². The number of pyridine rings is 1. The molecular weight excluding hydrogens is 306 g/mol. The van der Waals surface area contributed by atoms with Crippen molar-refractivity contribution in [3.63, 3.8) is 0 Å². The molecule has 124 valence electrons. The molecule has 2 aromatic rings. The number of hydrogen-bond donors (Lipinski definition) is 3. The first-order chi connectivity index (χ1) is 11.5. The van der Waals surface area contributed by atoms with Gasteiger partial charge in [-0.3, -0.25) is 15.0 Å². The largest absolute Gasteiger partial charge is 0.366 e. The zero-order valence-corrected chi connectivity index (χ0v) is 13.5. The number of hydrogen-bond acceptors (Lipinski definition) is 5. The Hall–Kier alpha value is -3.22. The fourth-order valence-corrected chi connectivity index (χ4v) is 1.84. The number of aromatic nitrogens is 1. The predicted octanol–water partition coefficient (Wildman–Crippen LogP) is 1.76. The van der Waals surface area contributed by atoms with Crippen molar-refractivity contribution in [3.8, 4) is 0 Å². The molecule has 1 aromatic heterocycles. The minimum absolute atomic E-state index is 0.0939. The van der Waals surface area contributed by atoms with E-state index in [1.165, 1.54) is 6.20 Å². The maximum Gasteiger partial charge on any atom is 0.251 e. The highest BCUT2D eigenvalue weighted by Gasteiger charge is 2.05. The highest BCUT2D eigenvalue weighted by molar-refractivity contribution is 5.95. The molecule has 0 aliphatic rings. The van der Waals surface area contributed by atoms with E-state index < -0.39 is 5.91 Å². The Labute approximate surface area is 140 Å². The van der Waals surface area contributed by atoms with Gasteiger partial charge in [0.05, 0.1) is 11.8 Å². The quantitative estimate of drug-likeness (QED) is 0.555. The van der Waals surface area contributed by atoms with Crippen molar-refractivity contribution in [2.45, 2.75) is 19.9 Å². The highest BCUT2D eigenvalue weighted by Crippen LogP contribution is 2.06. The number of amides is 2. The number of nitrogens with zero attached hydrogens (tertiary/aromatic N) is 2. The molecule has 24 heavy (non-hydrogen) atoms. The Bertz CT molecular complexity index is 737. The summed E-state index contributed by atoms with van der Waals surface area (Å²) in [5, 5.41) is 6.88. The Morgan fingerprint density at radius 3 is 2.33 bits per heavy atom. The molecule has 0 aliphatic heterocycles. The van der Waals surface area contributed by atoms with Crippen LogP contribution in [0.1, 0.15) is 40.1 Å². The molecule has 7 nitrogen and oxygen atoms in total. The highest BCUT2D eigenvalue weighted by atomic mass is 16.2. The normalized spacial score (nSPS) is 10.8. The lowest BCUT2D eigenvalue weighted by atomic mass is 10.1. The average molecular weight is 325 g/mol. The third-order valence-corrected chi connectivity index (χ3v) is 3.03. The SMILES string of the molecule is CC(C)NC(=O)c1ccc(/C=N/Nc2ccc(C(N)=O)cn2)cc1. The fraction of sp³-hybridized carbons (Fsp3) is 0.176. The third kappa shape index (κ3) is 4.91. The maximum absolute atomic E-state index is 11.8. The molecule has 0 unspecified atom stereocenters. The van der Waals surface area contributed by atoms with Crippen LogP contribution in [-0.2, 0) is 0 Å². The molecule has 0 radical (unpaired) electrons. The Morgan fingerprint density at radius 2 is 1.79 bits per heavy atom. The van der Waals surface area contributed by atoms with Crippen molar-refractivity contribution in [1.82, 2.24) is 10.3 Å². The number of rotatable bonds is 6. The fourth-order valence-electron chi connectivity index (χ4n) is 1.84. The molecule has 7 heteroatoms. The van der Waals surface area contributed by atoms with Gasteiger partial charge >= 0.3 is 0 Å². The van der Waals surface area contributed by atoms with Crippen molar-refractivity contribution < 1.29 is 9.59 Å². The molecule has 1 aromatic carbocycles. The first kappa shape index (κ1) is 17.1. The van der Waals surface area contributed by atoms with Crippen LogP contribution in [-0.4, -0.2) is 29.1 Å². The summed E-state index contributed by atoms with van der Waals surface area (Å²) in [4.78, 5) is 26.8. The number of carbonyl (C=O) groups is 2. The maximum atomic E-state index is 11.8. The Balaban J connectivity index is 1.94. The summed E-state index contributed by atoms with van der Waals surface area (Å²) < 4.78 is 0. The first-order valence-corrected chi connectivity index (χ1v) is 7.41. The van der Waals surface area contributed by atoms with Gasteiger partial charge in [-0.15, -0.1) is 0 Å². The summed E-state index contributed by atoms with van der Waals surface area (Å²) >= 11 is 0. The van der Waals surface area contributed by atoms with Gasteiger partial charge in [0.15, 0.2) is 0 Å². The van der Waals surface area contributed by atoms with Crippen molar-refractivity contribution in [2.75, 3.05) is 5.43 Å². The van der Waals surface area contributed by atoms with Crippen molar-refractivity contribution >= 4 is 23.8 Å². The van der Waals surface area contributed by atoms with E-state index in [0.29, 0.717) is 16.9 Å². The molecule has 0 bridgehead atoms. The van der Waals surface area contributed by atoms with Crippen molar-refractivity contribution in [3.05, 3.63) is 59.3 Å². The van der Waals surface area contributed by atoms with Gasteiger partial charge in [-0.25, -0.2) is 4.98 Å². The zero-order chi connectivity index (χ0) is 17.5. The number of benzene rings is 1. The smallest absolute Gasteiger partial charge is 0.251 e. The van der Waals surface area contributed by atoms with Crippen LogP contribution < -0.4 is 16.5 Å². The topological polar surface area (TPSA) is 109 Å². The standard InChI is InChI=1S/C17H19N5O2/c1-11(2)21-17(24)13-5-3-12(4-6-13)9-20-22-15-8-7-14(10-19-15)16(18)23/h3-11H,1-2H3,(H2,18,23)(H,19,22)(H,21,24)/b20-9+. The lowest BCUT2D eigenvalue weighted by Gasteiger charge is -2.08. The van der Waals surface area contributed by atoms with E-state index in [-0.39, 0.29) is 11.9 Å². The van der Waals surface area contributed by atoms with Gasteiger partial charge in [0.25, 0.3) is 5.91 Å². The number of hydrazone groups is 1. The lowest BCUT2D eigenvalue weighted by molar-refractivity contribution is 0.0942. The monoisotopic (exact) mass is 325 g/mol. The molecule has 0 saturated heterocycles. The van der Waals surface area contributed by atoms with Crippen LogP contribution in [0.3, 0.4) is 0 Å². The summed E-state index contributed by atoms with van der Waals surface area (Å²) in [6, 6.07) is 10.3. The molecule has 4 N–H and O–H groups in total. The average Bonchev–Trinajstić information content (AvgIpc) is 2.55. The van der Waals surface area contributed by atoms with Gasteiger partial charge in [0, 0.05) is 17.8 Å². The van der Waals surface area contributed by atoms with Gasteiger partial charge in [0.1, 0.15) is 5.82 Å². The second-order valence-corrected chi connectivity index (χ2v) is 5.42. The summed E-state index contributed by atoms with van der Waals surface area (Å²) in [6.45, 7) is 3.82. The number of nitrogens with two attached hydrogens (primary N) is 1. The van der Waals surface area contributed by atoms with Crippen LogP contribution in [0.15, 0.2) is 47.7 Å². The van der Waals surface area contributed by atoms with E-state index in [1.54, 1.807) is 42.6 Å². The first-order valence-electron chi connectivity index (χ1n) is 7.41. The Kier molecular flexibility index (Phi) is 5.62. The van der Waals surface area contributed by atoms with Crippen LogP contribution >= 0.6 is 0 Å². The van der Waals surface area contributed by atoms with Gasteiger partial charge < -0.3 is 11.1 Å². The molecule has 0 aliphatic carbocycles. The summed E-state index contributed by atoms with van der Waals surface area (Å²) in [6.07, 6.45) is 2.98. The van der Waals surface area contributed by atoms with Gasteiger partial charge in [-0.1, -0.05) is 12.1 Å². The third-order valence-electron chi connectivity index (χ3n) is 3.03. The minimum Gasteiger partial charge on any atom is -0.366 e. The predicted molar refractivity (Wildman–Crippen MR) is 93.0 cm³/mol. The summed E-state index contributed by atoms with van der Waals surface area (Å²) in [5.74, 6) is -0.145. The number of anilines is 1. The van der Waals surface area contributed by atoms with E-state index in [1.807, 2.05) is 13.8 Å². The van der Waals surface area contributed by atoms with Gasteiger partial charge in [0.2, 0.25) is 5.91 Å². The lowest BCUT2D eigenvalue weighted by Crippen LogP contribution is -2.29. The van der Waals surface area contributed by atoms with Gasteiger partial charge in [-0.05, 0) is 43.7 Å². The summed E-state index contributed by atoms with van der Waals surface area (Å²) in [7, 11) is 0. The van der Waals surface area contributed by atoms with Crippen molar-refractivity contribution in [2.24, 2.45) is 10.8 Å². The molecule has 2 amide bonds. The van der Waals surface area contributed by atoms with E-state index in [9.17, 15) is 9.59 Å². The number of nitrogens with one attached hydrogen (secondary N) is 2. The summed E-state index contributed by atoms with van der Waals surface area (Å²) in [5.41, 5.74) is 9.65. The molecule has 2 rings (SSSR count). The zero-order valence-electron chi connectivity index (χ0n) is 13.5. The number of primary amides is 1. The Morgan fingerprint density at radius 1 is 1.12 bits per heavy atom. The van der Waals surface area contributed by atoms with Crippen LogP contribution in [0.2, 0.25) is 0 Å². The van der Waals surface area contributed by atoms with Gasteiger partial charge in [-0.2, -0.15) is 5.10 Å². The van der Waals surface area contributed by atoms with E-state index in [0.717, 1.165) is 5.56 Å². The molecule has 0 atom stereocenters. The van der Waals surface area contributed by atoms with E-state index >= 15 is 0 Å². The molecule has 0 fully saturated rings. The van der Waals surface area contributed by atoms with E-state index in [2.05, 4.69) is 20.8 Å². The molecule has 0 spiro atoms.